The first kappa shape index (κ1) is 52.5. The Morgan fingerprint density at radius 2 is 0.690 bits per heavy atom. The first-order chi connectivity index (χ1) is 41.8. The average molecular weight is 1180 g/mol. The third-order valence-corrected chi connectivity index (χ3v) is 19.9. The van der Waals surface area contributed by atoms with E-state index in [1.807, 2.05) is 6.07 Å². The Morgan fingerprint density at radius 3 is 1.25 bits per heavy atom. The highest BCUT2D eigenvalue weighted by Gasteiger charge is 2.56. The second kappa shape index (κ2) is 19.3. The van der Waals surface area contributed by atoms with Gasteiger partial charge in [-0.1, -0.05) is 250 Å². The highest BCUT2D eigenvalue weighted by atomic mass is 79.9. The molecule has 0 radical (unpaired) electrons. The average Bonchev–Trinajstić information content (AvgIpc) is 1.55. The Kier molecular flexibility index (Phi) is 11.6. The number of fused-ring (bicyclic) bond motifs is 27. The smallest absolute Gasteiger partial charge is 0.140 e. The van der Waals surface area contributed by atoms with Gasteiger partial charge in [0.15, 0.2) is 0 Å². The molecule has 0 saturated carbocycles. The van der Waals surface area contributed by atoms with Gasteiger partial charge in [-0.05, 0) is 156 Å². The van der Waals surface area contributed by atoms with Crippen LogP contribution in [0.3, 0.4) is 0 Å². The number of para-hydroxylation sites is 3. The van der Waals surface area contributed by atoms with Crippen molar-refractivity contribution >= 4 is 54.9 Å². The maximum absolute atomic E-state index is 6.76. The molecule has 4 heteroatoms. The zero-order valence-electron chi connectivity index (χ0n) is 47.7. The first-order valence-electron chi connectivity index (χ1n) is 29.4. The van der Waals surface area contributed by atoms with Crippen LogP contribution in [0.1, 0.15) is 76.9 Å². The molecule has 2 atom stereocenters. The van der Waals surface area contributed by atoms with Gasteiger partial charge in [-0.15, -0.1) is 0 Å². The predicted molar refractivity (Wildman–Crippen MR) is 364 cm³/mol. The lowest BCUT2D eigenvalue weighted by Gasteiger charge is -2.31. The number of halogens is 1. The third-order valence-electron chi connectivity index (χ3n) is 19.4. The first-order valence-corrected chi connectivity index (χ1v) is 30.2. The Bertz CT molecular complexity index is 5140. The molecule has 0 bridgehead atoms. The highest BCUT2D eigenvalue weighted by Crippen LogP contribution is 2.67. The molecule has 2 aromatic heterocycles. The molecule has 0 amide bonds. The molecule has 19 rings (SSSR count). The summed E-state index contributed by atoms with van der Waals surface area (Å²) in [6, 6.07) is 102. The van der Waals surface area contributed by atoms with E-state index in [1.54, 1.807) is 0 Å². The van der Waals surface area contributed by atoms with Crippen LogP contribution in [0.2, 0.25) is 0 Å². The Hall–Kier alpha value is -10.0. The summed E-state index contributed by atoms with van der Waals surface area (Å²) in [7, 11) is 0. The van der Waals surface area contributed by atoms with Gasteiger partial charge in [-0.2, -0.15) is 0 Å². The Labute approximate surface area is 516 Å². The molecule has 0 saturated heterocycles. The molecule has 0 fully saturated rings. The van der Waals surface area contributed by atoms with Crippen LogP contribution in [0.15, 0.2) is 292 Å². The van der Waals surface area contributed by atoms with E-state index in [-0.39, 0.29) is 25.7 Å². The number of nitrogens with zero attached hydrogens (tertiary/aromatic N) is 1. The van der Waals surface area contributed by atoms with Gasteiger partial charge in [0, 0.05) is 60.0 Å². The normalized spacial score (nSPS) is 16.4. The van der Waals surface area contributed by atoms with Crippen LogP contribution in [0.25, 0.3) is 89.1 Å². The van der Waals surface area contributed by atoms with E-state index in [4.69, 9.17) is 8.83 Å². The second-order valence-electron chi connectivity index (χ2n) is 23.9. The van der Waals surface area contributed by atoms with Crippen molar-refractivity contribution in [3.63, 3.8) is 0 Å². The molecule has 87 heavy (non-hydrogen) atoms. The number of hydrogen-bond donors (Lipinski definition) is 0. The van der Waals surface area contributed by atoms with E-state index in [2.05, 4.69) is 308 Å². The van der Waals surface area contributed by atoms with Crippen LogP contribution in [-0.4, -0.2) is 0 Å². The van der Waals surface area contributed by atoms with Crippen molar-refractivity contribution in [3.8, 4) is 67.2 Å². The fourth-order valence-electron chi connectivity index (χ4n) is 16.0. The summed E-state index contributed by atoms with van der Waals surface area (Å²) in [4.78, 5) is 2.40. The molecule has 416 valence electrons. The lowest BCUT2D eigenvalue weighted by atomic mass is 9.70. The van der Waals surface area contributed by atoms with Crippen LogP contribution < -0.4 is 4.90 Å². The third kappa shape index (κ3) is 6.99. The summed E-state index contributed by atoms with van der Waals surface area (Å²) in [5.74, 6) is 1.98. The number of benzene rings is 12. The molecule has 0 aliphatic heterocycles. The van der Waals surface area contributed by atoms with Crippen LogP contribution in [0.5, 0.6) is 0 Å². The minimum Gasteiger partial charge on any atom is -0.456 e. The fourth-order valence-corrected chi connectivity index (χ4v) is 16.3. The SMILES string of the molecule is Brc1ccc2c(c1)C1(c3ccccc3-2)c2ccccc2-c2oc3ccccc3c21.C.CC1(C)c2ccccc2-c2ccc(-c3ccc(N(c4ccccc4)c4ccc5c(c4)C4(c6ccccc6-5)c5ccccc5-c5oc6ccccc6c54)cc3)cc21.[CH3-]. The van der Waals surface area contributed by atoms with Gasteiger partial charge < -0.3 is 21.2 Å². The van der Waals surface area contributed by atoms with Crippen molar-refractivity contribution in [1.82, 2.24) is 0 Å². The van der Waals surface area contributed by atoms with Gasteiger partial charge in [0.1, 0.15) is 22.7 Å². The molecular weight excluding hydrogens is 1120 g/mol. The Balaban J connectivity index is 0.000000166. The lowest BCUT2D eigenvalue weighted by Crippen LogP contribution is -2.26. The molecule has 3 nitrogen and oxygen atoms in total. The van der Waals surface area contributed by atoms with E-state index in [0.29, 0.717) is 0 Å². The molecule has 5 aliphatic carbocycles. The summed E-state index contributed by atoms with van der Waals surface area (Å²) in [5.41, 5.74) is 30.1. The molecule has 0 N–H and O–H groups in total. The van der Waals surface area contributed by atoms with E-state index >= 15 is 0 Å². The molecule has 2 spiro atoms. The summed E-state index contributed by atoms with van der Waals surface area (Å²) in [6.07, 6.45) is 0. The van der Waals surface area contributed by atoms with Crippen LogP contribution in [0.4, 0.5) is 17.1 Å². The summed E-state index contributed by atoms with van der Waals surface area (Å²) in [6.45, 7) is 4.70. The largest absolute Gasteiger partial charge is 0.456 e. The van der Waals surface area contributed by atoms with Gasteiger partial charge >= 0.3 is 0 Å². The minimum absolute atomic E-state index is 0. The van der Waals surface area contributed by atoms with Gasteiger partial charge in [-0.25, -0.2) is 0 Å². The molecule has 12 aromatic carbocycles. The molecular formula is C83H59BrNO2-. The van der Waals surface area contributed by atoms with Crippen molar-refractivity contribution in [2.45, 2.75) is 37.5 Å². The van der Waals surface area contributed by atoms with Gasteiger partial charge in [0.05, 0.1) is 10.8 Å². The summed E-state index contributed by atoms with van der Waals surface area (Å²) >= 11 is 3.74. The van der Waals surface area contributed by atoms with E-state index in [9.17, 15) is 0 Å². The van der Waals surface area contributed by atoms with E-state index in [0.717, 1.165) is 44.2 Å². The fraction of sp³-hybridized carbons (Fsp3) is 0.0723. The number of rotatable bonds is 4. The van der Waals surface area contributed by atoms with E-state index in [1.165, 1.54) is 122 Å². The van der Waals surface area contributed by atoms with Crippen molar-refractivity contribution in [1.29, 1.82) is 0 Å². The minimum atomic E-state index is -0.520. The van der Waals surface area contributed by atoms with Gasteiger partial charge in [0.25, 0.3) is 0 Å². The monoisotopic (exact) mass is 1180 g/mol. The number of furan rings is 2. The van der Waals surface area contributed by atoms with E-state index < -0.39 is 5.41 Å². The summed E-state index contributed by atoms with van der Waals surface area (Å²) < 4.78 is 14.3. The quantitative estimate of drug-likeness (QED) is 0.165. The molecule has 14 aromatic rings. The van der Waals surface area contributed by atoms with Gasteiger partial charge in [-0.3, -0.25) is 0 Å². The molecule has 5 aliphatic rings. The zero-order chi connectivity index (χ0) is 56.3. The van der Waals surface area contributed by atoms with Gasteiger partial charge in [0.2, 0.25) is 0 Å². The molecule has 2 heterocycles. The van der Waals surface area contributed by atoms with Crippen LogP contribution in [0, 0.1) is 7.43 Å². The maximum Gasteiger partial charge on any atom is 0.140 e. The Morgan fingerprint density at radius 1 is 0.310 bits per heavy atom. The maximum atomic E-state index is 6.76. The molecule has 2 unspecified atom stereocenters. The highest BCUT2D eigenvalue weighted by molar-refractivity contribution is 9.10. The van der Waals surface area contributed by atoms with Crippen molar-refractivity contribution in [2.24, 2.45) is 0 Å². The van der Waals surface area contributed by atoms with Crippen LogP contribution in [-0.2, 0) is 16.2 Å². The van der Waals surface area contributed by atoms with Crippen molar-refractivity contribution in [3.05, 3.63) is 347 Å². The van der Waals surface area contributed by atoms with Crippen molar-refractivity contribution < 1.29 is 8.83 Å². The summed E-state index contributed by atoms with van der Waals surface area (Å²) in [5, 5.41) is 2.36. The predicted octanol–water partition coefficient (Wildman–Crippen LogP) is 22.8. The topological polar surface area (TPSA) is 29.5 Å². The number of hydrogen-bond acceptors (Lipinski definition) is 3. The van der Waals surface area contributed by atoms with Crippen molar-refractivity contribution in [2.75, 3.05) is 4.90 Å². The second-order valence-corrected chi connectivity index (χ2v) is 24.8. The lowest BCUT2D eigenvalue weighted by molar-refractivity contribution is 0.628. The number of anilines is 3. The van der Waals surface area contributed by atoms with Crippen LogP contribution >= 0.6 is 15.9 Å². The zero-order valence-corrected chi connectivity index (χ0v) is 49.3. The standard InChI is InChI=1S/C54H37NO.C27H15BrO.CH4.CH3/c1-53(2)45-20-10-6-16-39(45)41-30-26-35(32-48(41)53)34-24-27-37(28-25-34)55(36-14-4-3-5-15-36)38-29-31-42-40-17-7-11-21-46(40)54(49(42)33-38)47-22-12-8-18-43(47)52-51(54)44-19-9-13-23-50(44)56-52;28-16-13-14-18-17-7-1-4-10-21(17)27(23(18)15-16)22-11-5-2-8-19(22)26-25(27)20-9-3-6-12-24(20)29-26;;/h3-33H,1-2H3;1-15H;1H4;1H3/q;;;-1.